The maximum atomic E-state index is 8.95. The Kier molecular flexibility index (Phi) is 4.46. The molecule has 1 N–H and O–H groups in total. The molecule has 0 bridgehead atoms. The van der Waals surface area contributed by atoms with Crippen molar-refractivity contribution in [1.29, 1.82) is 0 Å². The van der Waals surface area contributed by atoms with Gasteiger partial charge in [-0.05, 0) is 36.1 Å². The SMILES string of the molecule is CC(C)CC(CCO)c1cccs1. The fourth-order valence-corrected chi connectivity index (χ4v) is 2.50. The summed E-state index contributed by atoms with van der Waals surface area (Å²) in [5.41, 5.74) is 0. The second-order valence-corrected chi connectivity index (χ2v) is 4.83. The van der Waals surface area contributed by atoms with E-state index in [0.717, 1.165) is 6.42 Å². The molecule has 0 aromatic carbocycles. The van der Waals surface area contributed by atoms with Gasteiger partial charge in [-0.25, -0.2) is 0 Å². The monoisotopic (exact) mass is 198 g/mol. The standard InChI is InChI=1S/C11H18OS/c1-9(2)8-10(5-6-12)11-4-3-7-13-11/h3-4,7,9-10,12H,5-6,8H2,1-2H3. The topological polar surface area (TPSA) is 20.2 Å². The third-order valence-corrected chi connectivity index (χ3v) is 3.21. The van der Waals surface area contributed by atoms with E-state index >= 15 is 0 Å². The zero-order valence-corrected chi connectivity index (χ0v) is 9.18. The summed E-state index contributed by atoms with van der Waals surface area (Å²) in [6, 6.07) is 4.26. The molecular formula is C11H18OS. The highest BCUT2D eigenvalue weighted by Crippen LogP contribution is 2.29. The Hall–Kier alpha value is -0.340. The quantitative estimate of drug-likeness (QED) is 0.770. The molecule has 0 spiro atoms. The molecule has 0 aliphatic heterocycles. The van der Waals surface area contributed by atoms with Crippen molar-refractivity contribution in [3.8, 4) is 0 Å². The molecule has 0 saturated heterocycles. The predicted molar refractivity (Wildman–Crippen MR) is 58.2 cm³/mol. The van der Waals surface area contributed by atoms with Crippen molar-refractivity contribution < 1.29 is 5.11 Å². The van der Waals surface area contributed by atoms with Crippen LogP contribution in [-0.4, -0.2) is 11.7 Å². The van der Waals surface area contributed by atoms with Gasteiger partial charge < -0.3 is 5.11 Å². The molecule has 0 fully saturated rings. The smallest absolute Gasteiger partial charge is 0.0437 e. The Morgan fingerprint density at radius 1 is 1.46 bits per heavy atom. The van der Waals surface area contributed by atoms with Crippen molar-refractivity contribution in [1.82, 2.24) is 0 Å². The van der Waals surface area contributed by atoms with Gasteiger partial charge in [-0.3, -0.25) is 0 Å². The highest BCUT2D eigenvalue weighted by atomic mass is 32.1. The lowest BCUT2D eigenvalue weighted by Crippen LogP contribution is -2.03. The first-order valence-electron chi connectivity index (χ1n) is 4.88. The molecule has 1 aromatic heterocycles. The number of thiophene rings is 1. The van der Waals surface area contributed by atoms with Crippen LogP contribution in [0.2, 0.25) is 0 Å². The molecule has 1 unspecified atom stereocenters. The summed E-state index contributed by atoms with van der Waals surface area (Å²) in [6.45, 7) is 4.77. The summed E-state index contributed by atoms with van der Waals surface area (Å²) >= 11 is 1.80. The molecule has 1 atom stereocenters. The first-order valence-corrected chi connectivity index (χ1v) is 5.76. The molecule has 1 aromatic rings. The van der Waals surface area contributed by atoms with Crippen molar-refractivity contribution >= 4 is 11.3 Å². The van der Waals surface area contributed by atoms with Gasteiger partial charge in [0.15, 0.2) is 0 Å². The predicted octanol–water partition coefficient (Wildman–Crippen LogP) is 3.26. The number of rotatable bonds is 5. The van der Waals surface area contributed by atoms with Crippen molar-refractivity contribution in [2.45, 2.75) is 32.6 Å². The lowest BCUT2D eigenvalue weighted by atomic mass is 9.93. The molecular weight excluding hydrogens is 180 g/mol. The number of hydrogen-bond donors (Lipinski definition) is 1. The first-order chi connectivity index (χ1) is 6.24. The summed E-state index contributed by atoms with van der Waals surface area (Å²) in [5, 5.41) is 11.1. The van der Waals surface area contributed by atoms with Gasteiger partial charge in [0.05, 0.1) is 0 Å². The van der Waals surface area contributed by atoms with Crippen LogP contribution in [0, 0.1) is 5.92 Å². The average Bonchev–Trinajstić information content (AvgIpc) is 2.54. The van der Waals surface area contributed by atoms with Crippen molar-refractivity contribution in [2.24, 2.45) is 5.92 Å². The van der Waals surface area contributed by atoms with Crippen LogP contribution in [0.4, 0.5) is 0 Å². The van der Waals surface area contributed by atoms with Crippen LogP contribution in [0.5, 0.6) is 0 Å². The van der Waals surface area contributed by atoms with Crippen molar-refractivity contribution in [3.63, 3.8) is 0 Å². The van der Waals surface area contributed by atoms with Gasteiger partial charge in [-0.2, -0.15) is 0 Å². The fourth-order valence-electron chi connectivity index (χ4n) is 1.62. The Labute approximate surface area is 84.4 Å². The van der Waals surface area contributed by atoms with Gasteiger partial charge in [0.25, 0.3) is 0 Å². The van der Waals surface area contributed by atoms with E-state index in [1.54, 1.807) is 11.3 Å². The Balaban J connectivity index is 2.57. The van der Waals surface area contributed by atoms with Crippen LogP contribution in [0.25, 0.3) is 0 Å². The zero-order valence-electron chi connectivity index (χ0n) is 8.36. The van der Waals surface area contributed by atoms with E-state index in [0.29, 0.717) is 18.4 Å². The normalized spacial score (nSPS) is 13.5. The molecule has 13 heavy (non-hydrogen) atoms. The molecule has 0 aliphatic rings. The van der Waals surface area contributed by atoms with E-state index in [4.69, 9.17) is 5.11 Å². The van der Waals surface area contributed by atoms with Crippen LogP contribution in [-0.2, 0) is 0 Å². The molecule has 1 nitrogen and oxygen atoms in total. The van der Waals surface area contributed by atoms with Gasteiger partial charge in [0, 0.05) is 11.5 Å². The Bertz CT molecular complexity index is 216. The molecule has 1 heterocycles. The van der Waals surface area contributed by atoms with E-state index < -0.39 is 0 Å². The van der Waals surface area contributed by atoms with E-state index in [9.17, 15) is 0 Å². The third kappa shape index (κ3) is 3.49. The largest absolute Gasteiger partial charge is 0.396 e. The van der Waals surface area contributed by atoms with Crippen LogP contribution in [0.1, 0.15) is 37.5 Å². The van der Waals surface area contributed by atoms with Crippen LogP contribution in [0.3, 0.4) is 0 Å². The highest BCUT2D eigenvalue weighted by molar-refractivity contribution is 7.10. The average molecular weight is 198 g/mol. The highest BCUT2D eigenvalue weighted by Gasteiger charge is 2.13. The summed E-state index contributed by atoms with van der Waals surface area (Å²) in [6.07, 6.45) is 2.08. The second-order valence-electron chi connectivity index (χ2n) is 3.85. The minimum atomic E-state index is 0.301. The first kappa shape index (κ1) is 10.7. The van der Waals surface area contributed by atoms with Crippen molar-refractivity contribution in [3.05, 3.63) is 22.4 Å². The maximum absolute atomic E-state index is 8.95. The van der Waals surface area contributed by atoms with Crippen LogP contribution >= 0.6 is 11.3 Å². The molecule has 74 valence electrons. The van der Waals surface area contributed by atoms with E-state index in [2.05, 4.69) is 31.4 Å². The Morgan fingerprint density at radius 3 is 2.69 bits per heavy atom. The van der Waals surface area contributed by atoms with E-state index in [-0.39, 0.29) is 0 Å². The second kappa shape index (κ2) is 5.40. The van der Waals surface area contributed by atoms with Gasteiger partial charge in [-0.1, -0.05) is 19.9 Å². The van der Waals surface area contributed by atoms with E-state index in [1.165, 1.54) is 11.3 Å². The third-order valence-electron chi connectivity index (χ3n) is 2.18. The van der Waals surface area contributed by atoms with Gasteiger partial charge in [-0.15, -0.1) is 11.3 Å². The number of aliphatic hydroxyl groups excluding tert-OH is 1. The lowest BCUT2D eigenvalue weighted by Gasteiger charge is -2.16. The van der Waals surface area contributed by atoms with Crippen LogP contribution < -0.4 is 0 Å². The Morgan fingerprint density at radius 2 is 2.23 bits per heavy atom. The van der Waals surface area contributed by atoms with E-state index in [1.807, 2.05) is 0 Å². The summed E-state index contributed by atoms with van der Waals surface area (Å²) in [4.78, 5) is 1.42. The zero-order chi connectivity index (χ0) is 9.68. The molecule has 1 rings (SSSR count). The summed E-state index contributed by atoms with van der Waals surface area (Å²) < 4.78 is 0. The lowest BCUT2D eigenvalue weighted by molar-refractivity contribution is 0.268. The summed E-state index contributed by atoms with van der Waals surface area (Å²) in [7, 11) is 0. The van der Waals surface area contributed by atoms with Gasteiger partial charge in [0.1, 0.15) is 0 Å². The molecule has 0 saturated carbocycles. The maximum Gasteiger partial charge on any atom is 0.0437 e. The molecule has 0 amide bonds. The van der Waals surface area contributed by atoms with Crippen LogP contribution in [0.15, 0.2) is 17.5 Å². The van der Waals surface area contributed by atoms with Gasteiger partial charge >= 0.3 is 0 Å². The molecule has 0 aliphatic carbocycles. The van der Waals surface area contributed by atoms with Gasteiger partial charge in [0.2, 0.25) is 0 Å². The fraction of sp³-hybridized carbons (Fsp3) is 0.636. The minimum absolute atomic E-state index is 0.301. The molecule has 2 heteroatoms. The minimum Gasteiger partial charge on any atom is -0.396 e. The van der Waals surface area contributed by atoms with Crippen molar-refractivity contribution in [2.75, 3.05) is 6.61 Å². The number of hydrogen-bond acceptors (Lipinski definition) is 2. The summed E-state index contributed by atoms with van der Waals surface area (Å²) in [5.74, 6) is 1.27. The number of aliphatic hydroxyl groups is 1. The molecule has 0 radical (unpaired) electrons.